The molecular weight excluding hydrogens is 552 g/mol. The Morgan fingerprint density at radius 3 is 2.51 bits per heavy atom. The maximum Gasteiger partial charge on any atom is 0.270 e. The molecule has 208 valence electrons. The van der Waals surface area contributed by atoms with Crippen LogP contribution >= 0.6 is 11.6 Å². The van der Waals surface area contributed by atoms with Gasteiger partial charge < -0.3 is 24.3 Å². The lowest BCUT2D eigenvalue weighted by Crippen LogP contribution is -2.16. The summed E-state index contributed by atoms with van der Waals surface area (Å²) in [6.07, 6.45) is 0. The van der Waals surface area contributed by atoms with Crippen LogP contribution in [-0.4, -0.2) is 43.9 Å². The van der Waals surface area contributed by atoms with Gasteiger partial charge in [0.15, 0.2) is 12.6 Å². The summed E-state index contributed by atoms with van der Waals surface area (Å²) in [4.78, 5) is 29.0. The van der Waals surface area contributed by atoms with Crippen molar-refractivity contribution in [2.75, 3.05) is 33.4 Å². The van der Waals surface area contributed by atoms with E-state index >= 15 is 0 Å². The average Bonchev–Trinajstić information content (AvgIpc) is 2.99. The molecule has 0 bridgehead atoms. The number of aromatic nitrogens is 1. The van der Waals surface area contributed by atoms with Crippen LogP contribution in [-0.2, 0) is 4.74 Å². The number of pyridine rings is 1. The minimum absolute atomic E-state index is 0.0107. The molecule has 0 atom stereocenters. The number of hydrogen-bond donors (Lipinski definition) is 1. The first-order valence-corrected chi connectivity index (χ1v) is 12.3. The molecule has 4 aromatic rings. The second-order valence-corrected chi connectivity index (χ2v) is 8.85. The molecule has 0 aliphatic rings. The van der Waals surface area contributed by atoms with Gasteiger partial charge in [0.25, 0.3) is 11.6 Å². The zero-order valence-corrected chi connectivity index (χ0v) is 22.9. The van der Waals surface area contributed by atoms with Gasteiger partial charge in [0.05, 0.1) is 30.4 Å². The van der Waals surface area contributed by atoms with E-state index in [0.29, 0.717) is 38.9 Å². The van der Waals surface area contributed by atoms with Gasteiger partial charge in [-0.1, -0.05) is 23.7 Å². The Labute approximate surface area is 240 Å². The summed E-state index contributed by atoms with van der Waals surface area (Å²) >= 11 is 6.20. The van der Waals surface area contributed by atoms with Gasteiger partial charge in [0.1, 0.15) is 28.9 Å². The maximum atomic E-state index is 13.4. The Hall–Kier alpha value is -5.18. The molecule has 0 unspecified atom stereocenters. The third-order valence-corrected chi connectivity index (χ3v) is 6.17. The molecule has 0 fully saturated rings. The van der Waals surface area contributed by atoms with Crippen LogP contribution in [0.15, 0.2) is 66.7 Å². The Balaban J connectivity index is 1.93. The van der Waals surface area contributed by atoms with E-state index in [9.17, 15) is 20.2 Å². The minimum Gasteiger partial charge on any atom is -0.497 e. The quantitative estimate of drug-likeness (QED) is 0.135. The van der Waals surface area contributed by atoms with Gasteiger partial charge in [-0.05, 0) is 42.0 Å². The monoisotopic (exact) mass is 574 g/mol. The fourth-order valence-corrected chi connectivity index (χ4v) is 4.17. The molecule has 0 aliphatic carbocycles. The summed E-state index contributed by atoms with van der Waals surface area (Å²) in [5.41, 5.74) is 1.41. The molecule has 0 spiro atoms. The second-order valence-electron chi connectivity index (χ2n) is 8.41. The zero-order chi connectivity index (χ0) is 29.5. The summed E-state index contributed by atoms with van der Waals surface area (Å²) in [6.45, 7) is -0.0811. The van der Waals surface area contributed by atoms with Gasteiger partial charge in [-0.3, -0.25) is 14.9 Å². The van der Waals surface area contributed by atoms with Crippen molar-refractivity contribution in [1.29, 1.82) is 5.26 Å². The number of amides is 1. The highest BCUT2D eigenvalue weighted by Crippen LogP contribution is 2.38. The molecule has 1 heterocycles. The lowest BCUT2D eigenvalue weighted by atomic mass is 9.97. The van der Waals surface area contributed by atoms with Crippen molar-refractivity contribution in [3.63, 3.8) is 0 Å². The summed E-state index contributed by atoms with van der Waals surface area (Å²) < 4.78 is 21.3. The van der Waals surface area contributed by atoms with E-state index in [1.807, 2.05) is 0 Å². The summed E-state index contributed by atoms with van der Waals surface area (Å²) in [5.74, 6) is 0.360. The van der Waals surface area contributed by atoms with Gasteiger partial charge in [-0.25, -0.2) is 4.98 Å². The third-order valence-electron chi connectivity index (χ3n) is 5.94. The number of non-ortho nitro benzene ring substituents is 1. The molecule has 1 N–H and O–H groups in total. The number of carbonyl (C=O) groups excluding carboxylic acids is 1. The van der Waals surface area contributed by atoms with Crippen LogP contribution in [0.1, 0.15) is 15.9 Å². The third kappa shape index (κ3) is 6.36. The number of nitriles is 1. The van der Waals surface area contributed by atoms with Gasteiger partial charge >= 0.3 is 0 Å². The lowest BCUT2D eigenvalue weighted by Gasteiger charge is -2.16. The van der Waals surface area contributed by atoms with E-state index in [0.717, 1.165) is 0 Å². The molecule has 12 heteroatoms. The fourth-order valence-electron chi connectivity index (χ4n) is 4.01. The van der Waals surface area contributed by atoms with Crippen molar-refractivity contribution in [2.24, 2.45) is 0 Å². The number of nitro benzene ring substituents is 1. The van der Waals surface area contributed by atoms with E-state index in [-0.39, 0.29) is 35.2 Å². The number of hydrogen-bond acceptors (Lipinski definition) is 9. The van der Waals surface area contributed by atoms with Gasteiger partial charge in [0.2, 0.25) is 0 Å². The van der Waals surface area contributed by atoms with Crippen molar-refractivity contribution in [2.45, 2.75) is 0 Å². The summed E-state index contributed by atoms with van der Waals surface area (Å²) in [5, 5.41) is 24.8. The Bertz CT molecular complexity index is 1670. The zero-order valence-electron chi connectivity index (χ0n) is 22.1. The van der Waals surface area contributed by atoms with Crippen LogP contribution in [0, 0.1) is 21.4 Å². The van der Waals surface area contributed by atoms with E-state index in [4.69, 9.17) is 30.5 Å². The first kappa shape index (κ1) is 28.8. The average molecular weight is 575 g/mol. The van der Waals surface area contributed by atoms with Gasteiger partial charge in [-0.2, -0.15) is 5.26 Å². The van der Waals surface area contributed by atoms with E-state index in [2.05, 4.69) is 16.4 Å². The molecule has 41 heavy (non-hydrogen) atoms. The summed E-state index contributed by atoms with van der Waals surface area (Å²) in [7, 11) is 4.36. The number of carbonyl (C=O) groups is 1. The van der Waals surface area contributed by atoms with Gasteiger partial charge in [-0.15, -0.1) is 0 Å². The first-order chi connectivity index (χ1) is 19.8. The number of rotatable bonds is 10. The maximum absolute atomic E-state index is 13.4. The summed E-state index contributed by atoms with van der Waals surface area (Å²) in [6, 6.07) is 19.0. The minimum atomic E-state index is -0.609. The number of halogens is 1. The Kier molecular flexibility index (Phi) is 8.98. The molecule has 11 nitrogen and oxygen atoms in total. The van der Waals surface area contributed by atoms with E-state index < -0.39 is 10.8 Å². The molecule has 0 aliphatic heterocycles. The SMILES string of the molecule is COCOc1cc(Cl)ccc1-c1cc(-c2cccc([N+](=O)[O-])c2)c(C#N)c(NC(=O)c2ccc(OC)cc2OC)n1. The van der Waals surface area contributed by atoms with Crippen LogP contribution in [0.25, 0.3) is 22.4 Å². The smallest absolute Gasteiger partial charge is 0.270 e. The molecule has 0 saturated carbocycles. The van der Waals surface area contributed by atoms with Crippen LogP contribution in [0.3, 0.4) is 0 Å². The number of methoxy groups -OCH3 is 3. The number of benzene rings is 3. The van der Waals surface area contributed by atoms with E-state index in [1.54, 1.807) is 42.5 Å². The van der Waals surface area contributed by atoms with Crippen LogP contribution in [0.2, 0.25) is 5.02 Å². The number of nitrogens with zero attached hydrogens (tertiary/aromatic N) is 3. The van der Waals surface area contributed by atoms with E-state index in [1.165, 1.54) is 45.6 Å². The number of nitrogens with one attached hydrogen (secondary N) is 1. The molecule has 0 saturated heterocycles. The largest absolute Gasteiger partial charge is 0.497 e. The topological polar surface area (TPSA) is 146 Å². The number of anilines is 1. The van der Waals surface area contributed by atoms with Crippen LogP contribution in [0.4, 0.5) is 11.5 Å². The van der Waals surface area contributed by atoms with Crippen molar-refractivity contribution in [3.8, 4) is 45.7 Å². The number of ether oxygens (including phenoxy) is 4. The standard InChI is InChI=1S/C29H23ClN4O7/c1-38-16-41-27-12-18(30)7-9-21(27)25-14-23(17-5-4-6-19(11-17)34(36)37)24(15-31)28(32-25)33-29(35)22-10-8-20(39-2)13-26(22)40-3/h4-14H,16H2,1-3H3,(H,32,33,35). The molecule has 4 rings (SSSR count). The predicted octanol–water partition coefficient (Wildman–Crippen LogP) is 6.10. The molecule has 1 aromatic heterocycles. The van der Waals surface area contributed by atoms with Gasteiger partial charge in [0, 0.05) is 41.5 Å². The van der Waals surface area contributed by atoms with Crippen LogP contribution < -0.4 is 19.5 Å². The Morgan fingerprint density at radius 2 is 1.83 bits per heavy atom. The van der Waals surface area contributed by atoms with Crippen molar-refractivity contribution < 1.29 is 28.7 Å². The Morgan fingerprint density at radius 1 is 1.02 bits per heavy atom. The van der Waals surface area contributed by atoms with Crippen molar-refractivity contribution >= 4 is 29.0 Å². The first-order valence-electron chi connectivity index (χ1n) is 11.9. The van der Waals surface area contributed by atoms with Crippen LogP contribution in [0.5, 0.6) is 17.2 Å². The normalized spacial score (nSPS) is 10.4. The van der Waals surface area contributed by atoms with Crippen molar-refractivity contribution in [3.05, 3.63) is 93.0 Å². The second kappa shape index (κ2) is 12.8. The molecular formula is C29H23ClN4O7. The number of nitro groups is 1. The van der Waals surface area contributed by atoms with Crippen molar-refractivity contribution in [1.82, 2.24) is 4.98 Å². The molecule has 0 radical (unpaired) electrons. The highest BCUT2D eigenvalue weighted by Gasteiger charge is 2.22. The predicted molar refractivity (Wildman–Crippen MR) is 151 cm³/mol. The highest BCUT2D eigenvalue weighted by atomic mass is 35.5. The fraction of sp³-hybridized carbons (Fsp3) is 0.138. The lowest BCUT2D eigenvalue weighted by molar-refractivity contribution is -0.384. The molecule has 1 amide bonds. The highest BCUT2D eigenvalue weighted by molar-refractivity contribution is 6.30. The molecule has 3 aromatic carbocycles.